The number of aromatic nitrogens is 1. The third kappa shape index (κ3) is 5.00. The van der Waals surface area contributed by atoms with E-state index < -0.39 is 0 Å². The maximum Gasteiger partial charge on any atom is 0.207 e. The Morgan fingerprint density at radius 2 is 1.76 bits per heavy atom. The van der Waals surface area contributed by atoms with E-state index in [1.165, 1.54) is 6.21 Å². The number of nitrogens with one attached hydrogen (secondary N) is 2. The van der Waals surface area contributed by atoms with Crippen molar-refractivity contribution in [2.75, 3.05) is 0 Å². The van der Waals surface area contributed by atoms with Crippen molar-refractivity contribution in [2.45, 2.75) is 0 Å². The van der Waals surface area contributed by atoms with Gasteiger partial charge in [-0.05, 0) is 36.5 Å². The summed E-state index contributed by atoms with van der Waals surface area (Å²) in [6, 6.07) is 12.4. The van der Waals surface area contributed by atoms with Gasteiger partial charge >= 0.3 is 0 Å². The number of phenolic OH excluding ortho intramolecular Hbond substituents is 1. The maximum absolute atomic E-state index is 9.55. The van der Waals surface area contributed by atoms with Crippen molar-refractivity contribution in [3.63, 3.8) is 0 Å². The molecule has 1 aromatic heterocycles. The normalized spacial score (nSPS) is 10.9. The minimum absolute atomic E-state index is 0.148. The van der Waals surface area contributed by atoms with Gasteiger partial charge in [0, 0.05) is 11.8 Å². The Hall–Kier alpha value is -2.80. The van der Waals surface area contributed by atoms with Crippen molar-refractivity contribution >= 4 is 29.8 Å². The predicted octanol–water partition coefficient (Wildman–Crippen LogP) is 1.62. The van der Waals surface area contributed by atoms with Gasteiger partial charge in [-0.1, -0.05) is 18.2 Å². The van der Waals surface area contributed by atoms with E-state index in [1.54, 1.807) is 36.7 Å². The van der Waals surface area contributed by atoms with Crippen molar-refractivity contribution in [1.82, 2.24) is 15.8 Å². The fraction of sp³-hybridized carbons (Fsp3) is 0. The van der Waals surface area contributed by atoms with Crippen LogP contribution in [0.5, 0.6) is 5.75 Å². The molecule has 0 fully saturated rings. The number of benzene rings is 1. The number of para-hydroxylation sites is 1. The molecule has 21 heavy (non-hydrogen) atoms. The largest absolute Gasteiger partial charge is 0.507 e. The highest BCUT2D eigenvalue weighted by atomic mass is 32.1. The molecule has 0 spiro atoms. The third-order valence-corrected chi connectivity index (χ3v) is 2.54. The van der Waals surface area contributed by atoms with Gasteiger partial charge in [0.2, 0.25) is 5.11 Å². The van der Waals surface area contributed by atoms with Gasteiger partial charge in [-0.2, -0.15) is 10.2 Å². The number of nitrogens with zero attached hydrogens (tertiary/aromatic N) is 3. The van der Waals surface area contributed by atoms with Gasteiger partial charge in [0.15, 0.2) is 0 Å². The average Bonchev–Trinajstić information content (AvgIpc) is 2.50. The summed E-state index contributed by atoms with van der Waals surface area (Å²) in [5, 5.41) is 17.6. The van der Waals surface area contributed by atoms with Crippen molar-refractivity contribution in [3.05, 3.63) is 59.9 Å². The van der Waals surface area contributed by atoms with Crippen LogP contribution in [0.1, 0.15) is 11.3 Å². The van der Waals surface area contributed by atoms with Crippen LogP contribution in [0, 0.1) is 0 Å². The summed E-state index contributed by atoms with van der Waals surface area (Å²) < 4.78 is 0. The Morgan fingerprint density at radius 1 is 1.05 bits per heavy atom. The Kier molecular flexibility index (Phi) is 5.36. The monoisotopic (exact) mass is 299 g/mol. The fourth-order valence-electron chi connectivity index (χ4n) is 1.39. The highest BCUT2D eigenvalue weighted by Gasteiger charge is 1.95. The highest BCUT2D eigenvalue weighted by Crippen LogP contribution is 2.12. The van der Waals surface area contributed by atoms with Crippen LogP contribution < -0.4 is 10.9 Å². The first-order valence-corrected chi connectivity index (χ1v) is 6.47. The predicted molar refractivity (Wildman–Crippen MR) is 86.4 cm³/mol. The van der Waals surface area contributed by atoms with E-state index in [4.69, 9.17) is 12.2 Å². The smallest absolute Gasteiger partial charge is 0.207 e. The number of phenols is 1. The minimum Gasteiger partial charge on any atom is -0.507 e. The molecule has 0 amide bonds. The molecule has 2 rings (SSSR count). The molecule has 0 atom stereocenters. The first-order chi connectivity index (χ1) is 10.3. The molecule has 0 aliphatic carbocycles. The number of pyridine rings is 1. The zero-order valence-corrected chi connectivity index (χ0v) is 11.8. The van der Waals surface area contributed by atoms with Crippen LogP contribution in [0.25, 0.3) is 0 Å². The standard InChI is InChI=1S/C14H13N5OS/c20-13-7-2-1-5-11(13)9-16-18-14(21)19-17-10-12-6-3-4-8-15-12/h1-10,20H,(H2,18,19,21)/b16-9+,17-10+. The topological polar surface area (TPSA) is 81.9 Å². The molecule has 0 unspecified atom stereocenters. The van der Waals surface area contributed by atoms with Crippen LogP contribution >= 0.6 is 12.2 Å². The number of hydrogen-bond acceptors (Lipinski definition) is 5. The van der Waals surface area contributed by atoms with Gasteiger partial charge in [-0.25, -0.2) is 0 Å². The summed E-state index contributed by atoms with van der Waals surface area (Å²) in [4.78, 5) is 4.08. The molecule has 106 valence electrons. The lowest BCUT2D eigenvalue weighted by molar-refractivity contribution is 0.474. The Balaban J connectivity index is 1.80. The SMILES string of the molecule is Oc1ccccc1/C=N/NC(=S)N/N=C/c1ccccn1. The second-order valence-corrected chi connectivity index (χ2v) is 4.29. The van der Waals surface area contributed by atoms with Crippen LogP contribution in [0.4, 0.5) is 0 Å². The van der Waals surface area contributed by atoms with Crippen LogP contribution in [-0.4, -0.2) is 27.6 Å². The lowest BCUT2D eigenvalue weighted by Crippen LogP contribution is -2.28. The summed E-state index contributed by atoms with van der Waals surface area (Å²) in [5.74, 6) is 0.148. The molecule has 0 aliphatic rings. The van der Waals surface area contributed by atoms with Gasteiger partial charge < -0.3 is 5.11 Å². The van der Waals surface area contributed by atoms with Gasteiger partial charge in [-0.15, -0.1) is 0 Å². The second kappa shape index (κ2) is 7.71. The van der Waals surface area contributed by atoms with E-state index in [0.717, 1.165) is 0 Å². The lowest BCUT2D eigenvalue weighted by atomic mass is 10.2. The summed E-state index contributed by atoms with van der Waals surface area (Å²) in [6.07, 6.45) is 4.68. The minimum atomic E-state index is 0.148. The molecule has 2 aromatic rings. The fourth-order valence-corrected chi connectivity index (χ4v) is 1.50. The van der Waals surface area contributed by atoms with Gasteiger partial charge in [-0.3, -0.25) is 15.8 Å². The van der Waals surface area contributed by atoms with Crippen molar-refractivity contribution < 1.29 is 5.11 Å². The van der Waals surface area contributed by atoms with E-state index in [9.17, 15) is 5.11 Å². The van der Waals surface area contributed by atoms with E-state index in [2.05, 4.69) is 26.0 Å². The molecule has 0 bridgehead atoms. The molecule has 1 aromatic carbocycles. The maximum atomic E-state index is 9.55. The van der Waals surface area contributed by atoms with E-state index >= 15 is 0 Å². The molecule has 6 nitrogen and oxygen atoms in total. The summed E-state index contributed by atoms with van der Waals surface area (Å²) in [6.45, 7) is 0. The Labute approximate surface area is 127 Å². The zero-order valence-electron chi connectivity index (χ0n) is 11.0. The summed E-state index contributed by atoms with van der Waals surface area (Å²) >= 11 is 4.99. The highest BCUT2D eigenvalue weighted by molar-refractivity contribution is 7.80. The zero-order chi connectivity index (χ0) is 14.9. The van der Waals surface area contributed by atoms with Crippen LogP contribution in [0.3, 0.4) is 0 Å². The Bertz CT molecular complexity index is 657. The molecule has 7 heteroatoms. The van der Waals surface area contributed by atoms with E-state index in [1.807, 2.05) is 18.2 Å². The van der Waals surface area contributed by atoms with Gasteiger partial charge in [0.25, 0.3) is 0 Å². The van der Waals surface area contributed by atoms with Crippen molar-refractivity contribution in [3.8, 4) is 5.75 Å². The number of aromatic hydroxyl groups is 1. The molecule has 0 aliphatic heterocycles. The van der Waals surface area contributed by atoms with E-state index in [-0.39, 0.29) is 10.9 Å². The molecule has 1 heterocycles. The number of hydrogen-bond donors (Lipinski definition) is 3. The number of rotatable bonds is 4. The molecule has 0 radical (unpaired) electrons. The van der Waals surface area contributed by atoms with Crippen LogP contribution in [0.15, 0.2) is 58.9 Å². The first-order valence-electron chi connectivity index (χ1n) is 6.07. The third-order valence-electron chi connectivity index (χ3n) is 2.36. The van der Waals surface area contributed by atoms with Gasteiger partial charge in [0.1, 0.15) is 5.75 Å². The van der Waals surface area contributed by atoms with Crippen LogP contribution in [0.2, 0.25) is 0 Å². The lowest BCUT2D eigenvalue weighted by Gasteiger charge is -2.01. The Morgan fingerprint density at radius 3 is 2.48 bits per heavy atom. The quantitative estimate of drug-likeness (QED) is 0.454. The molecular weight excluding hydrogens is 286 g/mol. The number of thiocarbonyl (C=S) groups is 1. The summed E-state index contributed by atoms with van der Waals surface area (Å²) in [5.41, 5.74) is 6.50. The van der Waals surface area contributed by atoms with Crippen LogP contribution in [-0.2, 0) is 0 Å². The average molecular weight is 299 g/mol. The molecule has 3 N–H and O–H groups in total. The first kappa shape index (κ1) is 14.6. The van der Waals surface area contributed by atoms with E-state index in [0.29, 0.717) is 11.3 Å². The number of hydrazone groups is 2. The molecule has 0 saturated carbocycles. The second-order valence-electron chi connectivity index (χ2n) is 3.88. The van der Waals surface area contributed by atoms with Crippen molar-refractivity contribution in [1.29, 1.82) is 0 Å². The molecular formula is C14H13N5OS. The summed E-state index contributed by atoms with van der Waals surface area (Å²) in [7, 11) is 0. The van der Waals surface area contributed by atoms with Gasteiger partial charge in [0.05, 0.1) is 18.1 Å². The van der Waals surface area contributed by atoms with Crippen molar-refractivity contribution in [2.24, 2.45) is 10.2 Å². The molecule has 0 saturated heterocycles.